The predicted molar refractivity (Wildman–Crippen MR) is 83.7 cm³/mol. The van der Waals surface area contributed by atoms with Crippen LogP contribution in [0.2, 0.25) is 0 Å². The molecule has 0 bridgehead atoms. The number of benzene rings is 2. The molecule has 0 aliphatic rings. The van der Waals surface area contributed by atoms with Crippen molar-refractivity contribution < 1.29 is 0 Å². The molecule has 1 atom stereocenters. The van der Waals surface area contributed by atoms with Crippen LogP contribution < -0.4 is 5.73 Å². The number of nitrogens with two attached hydrogens (primary N) is 1. The summed E-state index contributed by atoms with van der Waals surface area (Å²) in [5.74, 6) is 0. The normalized spacial score (nSPS) is 12.6. The lowest BCUT2D eigenvalue weighted by atomic mass is 9.93. The third-order valence-electron chi connectivity index (χ3n) is 3.94. The van der Waals surface area contributed by atoms with E-state index in [4.69, 9.17) is 5.73 Å². The molecule has 0 aliphatic carbocycles. The number of aryl methyl sites for hydroxylation is 2. The first kappa shape index (κ1) is 12.8. The number of hydrogen-bond acceptors (Lipinski definition) is 2. The molecule has 2 N–H and O–H groups in total. The van der Waals surface area contributed by atoms with Crippen molar-refractivity contribution in [2.45, 2.75) is 19.9 Å². The molecule has 20 heavy (non-hydrogen) atoms. The zero-order chi connectivity index (χ0) is 14.1. The SMILES string of the molecule is Cc1ccc(C(N)c2cccc3ccncc23)cc1C. The van der Waals surface area contributed by atoms with E-state index in [1.54, 1.807) is 0 Å². The Labute approximate surface area is 119 Å². The molecule has 100 valence electrons. The van der Waals surface area contributed by atoms with E-state index >= 15 is 0 Å². The maximum Gasteiger partial charge on any atom is 0.0558 e. The fourth-order valence-electron chi connectivity index (χ4n) is 2.55. The van der Waals surface area contributed by atoms with E-state index in [0.717, 1.165) is 16.5 Å². The first-order valence-corrected chi connectivity index (χ1v) is 6.82. The van der Waals surface area contributed by atoms with Crippen LogP contribution in [-0.4, -0.2) is 4.98 Å². The first-order valence-electron chi connectivity index (χ1n) is 6.82. The van der Waals surface area contributed by atoms with Gasteiger partial charge in [0.25, 0.3) is 0 Å². The van der Waals surface area contributed by atoms with Crippen molar-refractivity contribution in [1.82, 2.24) is 4.98 Å². The highest BCUT2D eigenvalue weighted by Gasteiger charge is 2.12. The number of pyridine rings is 1. The van der Waals surface area contributed by atoms with Gasteiger partial charge in [0.2, 0.25) is 0 Å². The zero-order valence-corrected chi connectivity index (χ0v) is 11.8. The Bertz CT molecular complexity index is 757. The van der Waals surface area contributed by atoms with Crippen LogP contribution >= 0.6 is 0 Å². The topological polar surface area (TPSA) is 38.9 Å². The molecule has 0 spiro atoms. The number of rotatable bonds is 2. The van der Waals surface area contributed by atoms with E-state index in [1.165, 1.54) is 16.5 Å². The molecule has 2 heteroatoms. The van der Waals surface area contributed by atoms with E-state index in [-0.39, 0.29) is 6.04 Å². The molecule has 1 aromatic heterocycles. The zero-order valence-electron chi connectivity index (χ0n) is 11.8. The summed E-state index contributed by atoms with van der Waals surface area (Å²) < 4.78 is 0. The average Bonchev–Trinajstić information content (AvgIpc) is 2.49. The van der Waals surface area contributed by atoms with Gasteiger partial charge in [0.05, 0.1) is 6.04 Å². The molecule has 0 radical (unpaired) electrons. The number of aromatic nitrogens is 1. The Kier molecular flexibility index (Phi) is 3.25. The van der Waals surface area contributed by atoms with Crippen LogP contribution in [0.1, 0.15) is 28.3 Å². The second-order valence-electron chi connectivity index (χ2n) is 5.27. The average molecular weight is 262 g/mol. The number of fused-ring (bicyclic) bond motifs is 1. The first-order chi connectivity index (χ1) is 9.66. The summed E-state index contributed by atoms with van der Waals surface area (Å²) in [5, 5.41) is 2.30. The molecule has 0 fully saturated rings. The Hall–Kier alpha value is -2.19. The maximum atomic E-state index is 6.47. The van der Waals surface area contributed by atoms with Gasteiger partial charge in [-0.05, 0) is 47.6 Å². The van der Waals surface area contributed by atoms with Crippen LogP contribution in [-0.2, 0) is 0 Å². The maximum absolute atomic E-state index is 6.47. The summed E-state index contributed by atoms with van der Waals surface area (Å²) in [4.78, 5) is 4.23. The predicted octanol–water partition coefficient (Wildman–Crippen LogP) is 3.90. The van der Waals surface area contributed by atoms with E-state index in [9.17, 15) is 0 Å². The van der Waals surface area contributed by atoms with Crippen molar-refractivity contribution >= 4 is 10.8 Å². The van der Waals surface area contributed by atoms with Gasteiger partial charge in [-0.3, -0.25) is 4.98 Å². The van der Waals surface area contributed by atoms with Crippen LogP contribution in [0.15, 0.2) is 54.9 Å². The monoisotopic (exact) mass is 262 g/mol. The number of nitrogens with zero attached hydrogens (tertiary/aromatic N) is 1. The van der Waals surface area contributed by atoms with E-state index in [0.29, 0.717) is 0 Å². The van der Waals surface area contributed by atoms with Crippen molar-refractivity contribution in [3.05, 3.63) is 77.1 Å². The van der Waals surface area contributed by atoms with Gasteiger partial charge >= 0.3 is 0 Å². The van der Waals surface area contributed by atoms with Gasteiger partial charge in [0.15, 0.2) is 0 Å². The Balaban J connectivity index is 2.12. The minimum atomic E-state index is -0.123. The van der Waals surface area contributed by atoms with Gasteiger partial charge < -0.3 is 5.73 Å². The molecule has 2 nitrogen and oxygen atoms in total. The molecule has 0 aliphatic heterocycles. The fraction of sp³-hybridized carbons (Fsp3) is 0.167. The summed E-state index contributed by atoms with van der Waals surface area (Å²) >= 11 is 0. The van der Waals surface area contributed by atoms with E-state index < -0.39 is 0 Å². The van der Waals surface area contributed by atoms with Gasteiger partial charge in [-0.25, -0.2) is 0 Å². The second kappa shape index (κ2) is 5.06. The third-order valence-corrected chi connectivity index (χ3v) is 3.94. The second-order valence-corrected chi connectivity index (χ2v) is 5.27. The highest BCUT2D eigenvalue weighted by molar-refractivity contribution is 5.85. The number of hydrogen-bond donors (Lipinski definition) is 1. The van der Waals surface area contributed by atoms with Gasteiger partial charge in [-0.15, -0.1) is 0 Å². The molecule has 1 heterocycles. The summed E-state index contributed by atoms with van der Waals surface area (Å²) in [5.41, 5.74) is 11.3. The molecule has 3 aromatic rings. The largest absolute Gasteiger partial charge is 0.320 e. The van der Waals surface area contributed by atoms with Crippen molar-refractivity contribution in [2.75, 3.05) is 0 Å². The lowest BCUT2D eigenvalue weighted by molar-refractivity contribution is 0.877. The summed E-state index contributed by atoms with van der Waals surface area (Å²) in [6.07, 6.45) is 3.71. The molecule has 2 aromatic carbocycles. The molecular formula is C18H18N2. The van der Waals surface area contributed by atoms with Crippen LogP contribution in [0.4, 0.5) is 0 Å². The summed E-state index contributed by atoms with van der Waals surface area (Å²) in [6.45, 7) is 4.24. The van der Waals surface area contributed by atoms with Crippen molar-refractivity contribution in [3.63, 3.8) is 0 Å². The van der Waals surface area contributed by atoms with Crippen molar-refractivity contribution in [1.29, 1.82) is 0 Å². The Morgan fingerprint density at radius 1 is 1.00 bits per heavy atom. The van der Waals surface area contributed by atoms with E-state index in [2.05, 4.69) is 55.2 Å². The van der Waals surface area contributed by atoms with Crippen molar-refractivity contribution in [3.8, 4) is 0 Å². The van der Waals surface area contributed by atoms with Gasteiger partial charge in [0.1, 0.15) is 0 Å². The molecule has 0 saturated heterocycles. The molecular weight excluding hydrogens is 244 g/mol. The van der Waals surface area contributed by atoms with Crippen LogP contribution in [0.25, 0.3) is 10.8 Å². The smallest absolute Gasteiger partial charge is 0.0558 e. The molecule has 3 rings (SSSR count). The summed E-state index contributed by atoms with van der Waals surface area (Å²) in [7, 11) is 0. The minimum Gasteiger partial charge on any atom is -0.320 e. The van der Waals surface area contributed by atoms with Crippen LogP contribution in [0.3, 0.4) is 0 Å². The standard InChI is InChI=1S/C18H18N2/c1-12-6-7-15(10-13(12)2)18(19)16-5-3-4-14-8-9-20-11-17(14)16/h3-11,18H,19H2,1-2H3. The van der Waals surface area contributed by atoms with Crippen molar-refractivity contribution in [2.24, 2.45) is 5.73 Å². The third kappa shape index (κ3) is 2.19. The van der Waals surface area contributed by atoms with Gasteiger partial charge in [0, 0.05) is 17.8 Å². The fourth-order valence-corrected chi connectivity index (χ4v) is 2.55. The lowest BCUT2D eigenvalue weighted by Gasteiger charge is -2.16. The lowest BCUT2D eigenvalue weighted by Crippen LogP contribution is -2.12. The Morgan fingerprint density at radius 3 is 2.65 bits per heavy atom. The molecule has 0 saturated carbocycles. The summed E-state index contributed by atoms with van der Waals surface area (Å²) in [6, 6.07) is 14.6. The highest BCUT2D eigenvalue weighted by atomic mass is 14.6. The molecule has 0 amide bonds. The minimum absolute atomic E-state index is 0.123. The highest BCUT2D eigenvalue weighted by Crippen LogP contribution is 2.27. The van der Waals surface area contributed by atoms with E-state index in [1.807, 2.05) is 18.5 Å². The van der Waals surface area contributed by atoms with Crippen LogP contribution in [0.5, 0.6) is 0 Å². The quantitative estimate of drug-likeness (QED) is 0.760. The Morgan fingerprint density at radius 2 is 1.85 bits per heavy atom. The van der Waals surface area contributed by atoms with Gasteiger partial charge in [-0.1, -0.05) is 36.4 Å². The molecule has 1 unspecified atom stereocenters. The van der Waals surface area contributed by atoms with Gasteiger partial charge in [-0.2, -0.15) is 0 Å². The van der Waals surface area contributed by atoms with Crippen LogP contribution in [0, 0.1) is 13.8 Å².